The Labute approximate surface area is 366 Å². The van der Waals surface area contributed by atoms with Crippen molar-refractivity contribution in [2.24, 2.45) is 0 Å². The lowest BCUT2D eigenvalue weighted by molar-refractivity contribution is 0.669. The summed E-state index contributed by atoms with van der Waals surface area (Å²) in [5.74, 6) is 0. The summed E-state index contributed by atoms with van der Waals surface area (Å²) in [6.45, 7) is 0. The number of furan rings is 1. The molecule has 3 nitrogen and oxygen atoms in total. The van der Waals surface area contributed by atoms with Gasteiger partial charge in [-0.05, 0) is 106 Å². The molecular weight excluding hydrogens is 765 g/mol. The molecule has 296 valence electrons. The normalized spacial score (nSPS) is 11.5. The van der Waals surface area contributed by atoms with Crippen LogP contribution in [0.2, 0.25) is 0 Å². The molecule has 12 rings (SSSR count). The van der Waals surface area contributed by atoms with E-state index >= 15 is 0 Å². The third-order valence-corrected chi connectivity index (χ3v) is 12.4. The zero-order chi connectivity index (χ0) is 41.7. The standard InChI is InChI=1S/C60H40N2O/c1-2-14-41(15-3-1)42-28-30-43(31-29-42)44-32-36-48(37-33-44)61(57-25-13-27-59-60(57)53-21-7-11-26-58(53)63-59)49-38-34-45(35-39-49)46-16-12-17-47(40-46)50-18-4-8-22-54(50)62-55-23-9-5-19-51(55)52-20-6-10-24-56(52)62/h1-40H. The van der Waals surface area contributed by atoms with Gasteiger partial charge in [-0.15, -0.1) is 0 Å². The molecule has 0 aliphatic carbocycles. The number of anilines is 3. The van der Waals surface area contributed by atoms with Crippen LogP contribution in [0, 0.1) is 0 Å². The number of fused-ring (bicyclic) bond motifs is 6. The van der Waals surface area contributed by atoms with Crippen LogP contribution in [0.4, 0.5) is 17.1 Å². The van der Waals surface area contributed by atoms with Gasteiger partial charge in [-0.3, -0.25) is 0 Å². The maximum atomic E-state index is 6.40. The van der Waals surface area contributed by atoms with E-state index in [1.807, 2.05) is 12.1 Å². The van der Waals surface area contributed by atoms with Crippen molar-refractivity contribution in [3.63, 3.8) is 0 Å². The molecule has 0 spiro atoms. The Morgan fingerprint density at radius 2 is 0.778 bits per heavy atom. The van der Waals surface area contributed by atoms with Crippen molar-refractivity contribution >= 4 is 60.8 Å². The Bertz CT molecular complexity index is 3550. The molecule has 0 fully saturated rings. The molecule has 0 N–H and O–H groups in total. The quantitative estimate of drug-likeness (QED) is 0.153. The van der Waals surface area contributed by atoms with Crippen molar-refractivity contribution in [2.75, 3.05) is 4.90 Å². The summed E-state index contributed by atoms with van der Waals surface area (Å²) in [5.41, 5.74) is 17.9. The smallest absolute Gasteiger partial charge is 0.137 e. The fourth-order valence-electron chi connectivity index (χ4n) is 9.42. The van der Waals surface area contributed by atoms with E-state index in [4.69, 9.17) is 4.42 Å². The SMILES string of the molecule is c1ccc(-c2ccc(-c3ccc(N(c4ccc(-c5cccc(-c6ccccc6-n6c7ccccc7c7ccccc76)c5)cc4)c4cccc5oc6ccccc6c45)cc3)cc2)cc1. The molecule has 0 aliphatic rings. The third-order valence-electron chi connectivity index (χ3n) is 12.4. The summed E-state index contributed by atoms with van der Waals surface area (Å²) >= 11 is 0. The van der Waals surface area contributed by atoms with Gasteiger partial charge in [-0.1, -0.05) is 176 Å². The Morgan fingerprint density at radius 3 is 1.44 bits per heavy atom. The lowest BCUT2D eigenvalue weighted by Gasteiger charge is -2.26. The molecule has 63 heavy (non-hydrogen) atoms. The number of hydrogen-bond donors (Lipinski definition) is 0. The lowest BCUT2D eigenvalue weighted by atomic mass is 9.97. The maximum Gasteiger partial charge on any atom is 0.137 e. The first-order valence-electron chi connectivity index (χ1n) is 21.5. The Morgan fingerprint density at radius 1 is 0.317 bits per heavy atom. The minimum absolute atomic E-state index is 0.864. The van der Waals surface area contributed by atoms with Crippen LogP contribution in [0.5, 0.6) is 0 Å². The van der Waals surface area contributed by atoms with E-state index < -0.39 is 0 Å². The van der Waals surface area contributed by atoms with Gasteiger partial charge >= 0.3 is 0 Å². The van der Waals surface area contributed by atoms with Crippen molar-refractivity contribution in [3.05, 3.63) is 243 Å². The van der Waals surface area contributed by atoms with Gasteiger partial charge in [0.1, 0.15) is 11.2 Å². The molecular formula is C60H40N2O. The second kappa shape index (κ2) is 15.3. The molecule has 0 bridgehead atoms. The Balaban J connectivity index is 0.927. The largest absolute Gasteiger partial charge is 0.456 e. The Hall–Kier alpha value is -8.40. The van der Waals surface area contributed by atoms with Crippen molar-refractivity contribution < 1.29 is 4.42 Å². The van der Waals surface area contributed by atoms with Crippen LogP contribution >= 0.6 is 0 Å². The van der Waals surface area contributed by atoms with Crippen molar-refractivity contribution in [1.29, 1.82) is 0 Å². The maximum absolute atomic E-state index is 6.40. The van der Waals surface area contributed by atoms with Gasteiger partial charge in [0.2, 0.25) is 0 Å². The summed E-state index contributed by atoms with van der Waals surface area (Å²) in [4.78, 5) is 2.36. The predicted octanol–water partition coefficient (Wildman–Crippen LogP) is 16.8. The van der Waals surface area contributed by atoms with Gasteiger partial charge in [0.15, 0.2) is 0 Å². The van der Waals surface area contributed by atoms with Crippen LogP contribution in [0.3, 0.4) is 0 Å². The fraction of sp³-hybridized carbons (Fsp3) is 0. The highest BCUT2D eigenvalue weighted by atomic mass is 16.3. The molecule has 10 aromatic carbocycles. The van der Waals surface area contributed by atoms with Crippen LogP contribution in [0.15, 0.2) is 247 Å². The van der Waals surface area contributed by atoms with Gasteiger partial charge in [0.25, 0.3) is 0 Å². The fourth-order valence-corrected chi connectivity index (χ4v) is 9.42. The molecule has 0 saturated carbocycles. The topological polar surface area (TPSA) is 21.3 Å². The molecule has 0 unspecified atom stereocenters. The number of rotatable bonds is 8. The first kappa shape index (κ1) is 36.5. The van der Waals surface area contributed by atoms with Crippen molar-refractivity contribution in [2.45, 2.75) is 0 Å². The van der Waals surface area contributed by atoms with Gasteiger partial charge in [0, 0.05) is 33.1 Å². The van der Waals surface area contributed by atoms with Crippen LogP contribution in [0.25, 0.3) is 93.9 Å². The molecule has 3 heteroatoms. The summed E-state index contributed by atoms with van der Waals surface area (Å²) in [6.07, 6.45) is 0. The first-order chi connectivity index (χ1) is 31.2. The minimum Gasteiger partial charge on any atom is -0.456 e. The second-order valence-corrected chi connectivity index (χ2v) is 16.1. The zero-order valence-corrected chi connectivity index (χ0v) is 34.4. The van der Waals surface area contributed by atoms with E-state index in [1.165, 1.54) is 55.2 Å². The number of para-hydroxylation sites is 4. The molecule has 12 aromatic rings. The molecule has 0 atom stereocenters. The number of benzene rings is 10. The van der Waals surface area contributed by atoms with Crippen LogP contribution in [-0.2, 0) is 0 Å². The number of aromatic nitrogens is 1. The number of nitrogens with zero attached hydrogens (tertiary/aromatic N) is 2. The highest BCUT2D eigenvalue weighted by Gasteiger charge is 2.20. The monoisotopic (exact) mass is 804 g/mol. The average Bonchev–Trinajstić information content (AvgIpc) is 3.91. The molecule has 0 radical (unpaired) electrons. The van der Waals surface area contributed by atoms with Gasteiger partial charge in [-0.2, -0.15) is 0 Å². The molecule has 0 saturated heterocycles. The number of hydrogen-bond acceptors (Lipinski definition) is 2. The first-order valence-corrected chi connectivity index (χ1v) is 21.5. The van der Waals surface area contributed by atoms with Crippen molar-refractivity contribution in [1.82, 2.24) is 4.57 Å². The predicted molar refractivity (Wildman–Crippen MR) is 264 cm³/mol. The van der Waals surface area contributed by atoms with E-state index in [9.17, 15) is 0 Å². The van der Waals surface area contributed by atoms with Gasteiger partial charge in [0.05, 0.1) is 27.8 Å². The summed E-state index contributed by atoms with van der Waals surface area (Å²) < 4.78 is 8.81. The van der Waals surface area contributed by atoms with E-state index in [1.54, 1.807) is 0 Å². The van der Waals surface area contributed by atoms with E-state index in [0.717, 1.165) is 55.8 Å². The van der Waals surface area contributed by atoms with Crippen LogP contribution < -0.4 is 4.90 Å². The van der Waals surface area contributed by atoms with E-state index in [0.29, 0.717) is 0 Å². The van der Waals surface area contributed by atoms with Gasteiger partial charge in [-0.25, -0.2) is 0 Å². The van der Waals surface area contributed by atoms with E-state index in [-0.39, 0.29) is 0 Å². The highest BCUT2D eigenvalue weighted by Crippen LogP contribution is 2.44. The molecule has 0 amide bonds. The Kier molecular flexibility index (Phi) is 8.83. The average molecular weight is 805 g/mol. The second-order valence-electron chi connectivity index (χ2n) is 16.1. The van der Waals surface area contributed by atoms with Crippen LogP contribution in [0.1, 0.15) is 0 Å². The highest BCUT2D eigenvalue weighted by molar-refractivity contribution is 6.13. The third kappa shape index (κ3) is 6.38. The zero-order valence-electron chi connectivity index (χ0n) is 34.4. The van der Waals surface area contributed by atoms with Crippen LogP contribution in [-0.4, -0.2) is 4.57 Å². The van der Waals surface area contributed by atoms with E-state index in [2.05, 4.69) is 240 Å². The molecule has 2 aromatic heterocycles. The summed E-state index contributed by atoms with van der Waals surface area (Å²) in [6, 6.07) is 87.0. The summed E-state index contributed by atoms with van der Waals surface area (Å²) in [5, 5.41) is 4.70. The van der Waals surface area contributed by atoms with Gasteiger partial charge < -0.3 is 13.9 Å². The lowest BCUT2D eigenvalue weighted by Crippen LogP contribution is -2.10. The minimum atomic E-state index is 0.864. The van der Waals surface area contributed by atoms with Crippen molar-refractivity contribution in [3.8, 4) is 50.2 Å². The molecule has 0 aliphatic heterocycles. The summed E-state index contributed by atoms with van der Waals surface area (Å²) in [7, 11) is 0. The molecule has 2 heterocycles.